The molecule has 2 atom stereocenters. The standard InChI is InChI=1S/C24H34N4O2S/c1-6-25-21(24(3,4)5)23(30)28-13-7-8-19(28)22(29)26-14-17-9-11-18(12-10-17)20-16(2)27-15-31-20/h9-12,15,19,21,25H,6-8,13-14H2,1-5H3,(H,26,29). The maximum absolute atomic E-state index is 13.2. The van der Waals surface area contributed by atoms with Gasteiger partial charge in [0.1, 0.15) is 6.04 Å². The quantitative estimate of drug-likeness (QED) is 0.685. The second-order valence-electron chi connectivity index (χ2n) is 9.23. The number of likely N-dealkylation sites (N-methyl/N-ethyl adjacent to an activating group) is 1. The van der Waals surface area contributed by atoms with Crippen molar-refractivity contribution in [3.8, 4) is 10.4 Å². The summed E-state index contributed by atoms with van der Waals surface area (Å²) in [6.07, 6.45) is 1.57. The molecule has 6 nitrogen and oxygen atoms in total. The maximum Gasteiger partial charge on any atom is 0.243 e. The molecule has 1 saturated heterocycles. The average Bonchev–Trinajstić information content (AvgIpc) is 3.38. The molecular weight excluding hydrogens is 408 g/mol. The van der Waals surface area contributed by atoms with Gasteiger partial charge in [-0.05, 0) is 42.9 Å². The Balaban J connectivity index is 1.62. The van der Waals surface area contributed by atoms with Crippen LogP contribution in [0.3, 0.4) is 0 Å². The van der Waals surface area contributed by atoms with E-state index in [1.54, 1.807) is 16.2 Å². The van der Waals surface area contributed by atoms with Gasteiger partial charge in [0.05, 0.1) is 22.1 Å². The van der Waals surface area contributed by atoms with Gasteiger partial charge in [-0.1, -0.05) is 52.0 Å². The second kappa shape index (κ2) is 9.92. The third kappa shape index (κ3) is 5.52. The fourth-order valence-corrected chi connectivity index (χ4v) is 4.91. The summed E-state index contributed by atoms with van der Waals surface area (Å²) in [6, 6.07) is 7.51. The van der Waals surface area contributed by atoms with Crippen molar-refractivity contribution < 1.29 is 9.59 Å². The summed E-state index contributed by atoms with van der Waals surface area (Å²) < 4.78 is 0. The van der Waals surface area contributed by atoms with Crippen LogP contribution in [0.5, 0.6) is 0 Å². The smallest absolute Gasteiger partial charge is 0.243 e. The number of aromatic nitrogens is 1. The monoisotopic (exact) mass is 442 g/mol. The fourth-order valence-electron chi connectivity index (χ4n) is 4.10. The number of nitrogens with zero attached hydrogens (tertiary/aromatic N) is 2. The van der Waals surface area contributed by atoms with Gasteiger partial charge in [-0.15, -0.1) is 11.3 Å². The Bertz CT molecular complexity index is 901. The van der Waals surface area contributed by atoms with E-state index in [4.69, 9.17) is 0 Å². The zero-order valence-electron chi connectivity index (χ0n) is 19.2. The van der Waals surface area contributed by atoms with E-state index in [0.29, 0.717) is 19.5 Å². The molecule has 2 aromatic rings. The van der Waals surface area contributed by atoms with E-state index in [1.165, 1.54) is 4.88 Å². The van der Waals surface area contributed by atoms with Crippen LogP contribution in [-0.4, -0.2) is 46.9 Å². The Morgan fingerprint density at radius 2 is 1.97 bits per heavy atom. The SMILES string of the molecule is CCNC(C(=O)N1CCCC1C(=O)NCc1ccc(-c2scnc2C)cc1)C(C)(C)C. The number of amides is 2. The maximum atomic E-state index is 13.2. The molecule has 0 spiro atoms. The van der Waals surface area contributed by atoms with E-state index in [9.17, 15) is 9.59 Å². The van der Waals surface area contributed by atoms with E-state index >= 15 is 0 Å². The second-order valence-corrected chi connectivity index (χ2v) is 10.1. The summed E-state index contributed by atoms with van der Waals surface area (Å²) in [6.45, 7) is 12.0. The highest BCUT2D eigenvalue weighted by Gasteiger charge is 2.40. The number of hydrogen-bond acceptors (Lipinski definition) is 5. The molecule has 2 heterocycles. The first-order valence-electron chi connectivity index (χ1n) is 11.0. The van der Waals surface area contributed by atoms with E-state index in [0.717, 1.165) is 29.8 Å². The molecule has 1 aliphatic heterocycles. The van der Waals surface area contributed by atoms with E-state index in [1.807, 2.05) is 31.5 Å². The summed E-state index contributed by atoms with van der Waals surface area (Å²) in [4.78, 5) is 33.4. The molecule has 0 saturated carbocycles. The lowest BCUT2D eigenvalue weighted by molar-refractivity contribution is -0.142. The van der Waals surface area contributed by atoms with Crippen molar-refractivity contribution in [3.63, 3.8) is 0 Å². The van der Waals surface area contributed by atoms with Gasteiger partial charge in [0.15, 0.2) is 0 Å². The summed E-state index contributed by atoms with van der Waals surface area (Å²) in [7, 11) is 0. The molecule has 1 aromatic carbocycles. The largest absolute Gasteiger partial charge is 0.350 e. The molecule has 0 aliphatic carbocycles. The van der Waals surface area contributed by atoms with Gasteiger partial charge in [0.2, 0.25) is 11.8 Å². The highest BCUT2D eigenvalue weighted by atomic mass is 32.1. The lowest BCUT2D eigenvalue weighted by atomic mass is 9.85. The van der Waals surface area contributed by atoms with E-state index in [2.05, 4.69) is 48.5 Å². The van der Waals surface area contributed by atoms with Crippen LogP contribution in [0.25, 0.3) is 10.4 Å². The number of benzene rings is 1. The van der Waals surface area contributed by atoms with Crippen molar-refractivity contribution in [2.24, 2.45) is 5.41 Å². The molecular formula is C24H34N4O2S. The van der Waals surface area contributed by atoms with Crippen molar-refractivity contribution in [1.29, 1.82) is 0 Å². The summed E-state index contributed by atoms with van der Waals surface area (Å²) in [5.74, 6) is -0.0475. The normalized spacial score (nSPS) is 17.6. The zero-order chi connectivity index (χ0) is 22.6. The predicted molar refractivity (Wildman–Crippen MR) is 126 cm³/mol. The number of rotatable bonds is 7. The Hall–Kier alpha value is -2.25. The number of hydrogen-bond donors (Lipinski definition) is 2. The van der Waals surface area contributed by atoms with Crippen LogP contribution in [0.15, 0.2) is 29.8 Å². The number of aryl methyl sites for hydroxylation is 1. The van der Waals surface area contributed by atoms with Gasteiger partial charge < -0.3 is 15.5 Å². The first kappa shape index (κ1) is 23.4. The first-order chi connectivity index (χ1) is 14.7. The van der Waals surface area contributed by atoms with Crippen molar-refractivity contribution >= 4 is 23.2 Å². The predicted octanol–water partition coefficient (Wildman–Crippen LogP) is 3.75. The van der Waals surface area contributed by atoms with Gasteiger partial charge in [0.25, 0.3) is 0 Å². The van der Waals surface area contributed by atoms with Crippen LogP contribution in [0.1, 0.15) is 51.8 Å². The van der Waals surface area contributed by atoms with Gasteiger partial charge in [-0.25, -0.2) is 4.98 Å². The highest BCUT2D eigenvalue weighted by molar-refractivity contribution is 7.13. The van der Waals surface area contributed by atoms with Crippen LogP contribution in [0, 0.1) is 12.3 Å². The molecule has 1 aliphatic rings. The minimum Gasteiger partial charge on any atom is -0.350 e. The minimum absolute atomic E-state index is 0.0243. The molecule has 3 rings (SSSR count). The molecule has 7 heteroatoms. The number of carbonyl (C=O) groups is 2. The molecule has 0 radical (unpaired) electrons. The van der Waals surface area contributed by atoms with Crippen LogP contribution >= 0.6 is 11.3 Å². The Morgan fingerprint density at radius 3 is 2.55 bits per heavy atom. The summed E-state index contributed by atoms with van der Waals surface area (Å²) in [5.41, 5.74) is 4.85. The van der Waals surface area contributed by atoms with Crippen molar-refractivity contribution in [2.45, 2.75) is 66.1 Å². The number of carbonyl (C=O) groups excluding carboxylic acids is 2. The highest BCUT2D eigenvalue weighted by Crippen LogP contribution is 2.28. The zero-order valence-corrected chi connectivity index (χ0v) is 20.0. The molecule has 1 aromatic heterocycles. The molecule has 2 amide bonds. The van der Waals surface area contributed by atoms with Crippen LogP contribution in [-0.2, 0) is 16.1 Å². The number of nitrogens with one attached hydrogen (secondary N) is 2. The Labute approximate surface area is 189 Å². The third-order valence-corrected chi connectivity index (χ3v) is 6.77. The molecule has 1 fully saturated rings. The van der Waals surface area contributed by atoms with E-state index in [-0.39, 0.29) is 23.3 Å². The Morgan fingerprint density at radius 1 is 1.26 bits per heavy atom. The summed E-state index contributed by atoms with van der Waals surface area (Å²) in [5, 5.41) is 6.35. The molecule has 31 heavy (non-hydrogen) atoms. The van der Waals surface area contributed by atoms with Crippen molar-refractivity contribution in [1.82, 2.24) is 20.5 Å². The van der Waals surface area contributed by atoms with Gasteiger partial charge >= 0.3 is 0 Å². The summed E-state index contributed by atoms with van der Waals surface area (Å²) >= 11 is 1.63. The minimum atomic E-state index is -0.393. The number of thiazole rings is 1. The van der Waals surface area contributed by atoms with Gasteiger partial charge in [-0.3, -0.25) is 9.59 Å². The first-order valence-corrected chi connectivity index (χ1v) is 11.9. The van der Waals surface area contributed by atoms with Crippen LogP contribution < -0.4 is 10.6 Å². The van der Waals surface area contributed by atoms with E-state index < -0.39 is 6.04 Å². The molecule has 0 bridgehead atoms. The van der Waals surface area contributed by atoms with Crippen LogP contribution in [0.4, 0.5) is 0 Å². The molecule has 2 N–H and O–H groups in total. The van der Waals surface area contributed by atoms with Gasteiger partial charge in [0, 0.05) is 13.1 Å². The lowest BCUT2D eigenvalue weighted by Crippen LogP contribution is -2.56. The van der Waals surface area contributed by atoms with Crippen LogP contribution in [0.2, 0.25) is 0 Å². The lowest BCUT2D eigenvalue weighted by Gasteiger charge is -2.35. The topological polar surface area (TPSA) is 74.3 Å². The Kier molecular flexibility index (Phi) is 7.49. The van der Waals surface area contributed by atoms with Crippen molar-refractivity contribution in [2.75, 3.05) is 13.1 Å². The fraction of sp³-hybridized carbons (Fsp3) is 0.542. The number of likely N-dealkylation sites (tertiary alicyclic amines) is 1. The molecule has 168 valence electrons. The third-order valence-electron chi connectivity index (χ3n) is 5.79. The average molecular weight is 443 g/mol. The van der Waals surface area contributed by atoms with Gasteiger partial charge in [-0.2, -0.15) is 0 Å². The molecule has 2 unspecified atom stereocenters. The van der Waals surface area contributed by atoms with Crippen molar-refractivity contribution in [3.05, 3.63) is 41.0 Å².